The van der Waals surface area contributed by atoms with Gasteiger partial charge in [-0.2, -0.15) is 0 Å². The number of nitrogens with zero attached hydrogens (tertiary/aromatic N) is 1. The van der Waals surface area contributed by atoms with E-state index in [4.69, 9.17) is 23.2 Å². The molecule has 0 aliphatic heterocycles. The van der Waals surface area contributed by atoms with Gasteiger partial charge in [0.25, 0.3) is 0 Å². The first-order valence-electron chi connectivity index (χ1n) is 4.71. The van der Waals surface area contributed by atoms with Gasteiger partial charge in [0.1, 0.15) is 0 Å². The van der Waals surface area contributed by atoms with E-state index in [1.165, 1.54) is 12.1 Å². The van der Waals surface area contributed by atoms with Gasteiger partial charge in [0.05, 0.1) is 18.1 Å². The Balaban J connectivity index is 3.35. The Kier molecular flexibility index (Phi) is 3.84. The van der Waals surface area contributed by atoms with Crippen molar-refractivity contribution >= 4 is 28.9 Å². The first-order valence-corrected chi connectivity index (χ1v) is 5.47. The van der Waals surface area contributed by atoms with Crippen LogP contribution in [0.1, 0.15) is 13.8 Å². The SMILES string of the molecule is CC[N+]([O-])(CC)c1cc(Cl)cc(Cl)c1O. The number of aromatic hydroxyl groups is 1. The molecule has 0 bridgehead atoms. The summed E-state index contributed by atoms with van der Waals surface area (Å²) in [5.41, 5.74) is 0.220. The summed E-state index contributed by atoms with van der Waals surface area (Å²) in [7, 11) is 0. The van der Waals surface area contributed by atoms with E-state index in [1.54, 1.807) is 13.8 Å². The molecule has 0 radical (unpaired) electrons. The number of rotatable bonds is 3. The third kappa shape index (κ3) is 2.37. The molecule has 0 saturated heterocycles. The van der Waals surface area contributed by atoms with Crippen LogP contribution in [0.4, 0.5) is 5.69 Å². The summed E-state index contributed by atoms with van der Waals surface area (Å²) < 4.78 is -0.633. The van der Waals surface area contributed by atoms with Crippen molar-refractivity contribution in [1.82, 2.24) is 4.65 Å². The fourth-order valence-electron chi connectivity index (χ4n) is 1.43. The number of phenolic OH excluding ortho intramolecular Hbond substituents is 1. The van der Waals surface area contributed by atoms with Crippen LogP contribution >= 0.6 is 23.2 Å². The Bertz CT molecular complexity index is 365. The highest BCUT2D eigenvalue weighted by Gasteiger charge is 2.23. The largest absolute Gasteiger partial charge is 0.627 e. The maximum absolute atomic E-state index is 12.2. The molecule has 0 unspecified atom stereocenters. The Labute approximate surface area is 99.0 Å². The van der Waals surface area contributed by atoms with Crippen molar-refractivity contribution in [2.75, 3.05) is 13.1 Å². The van der Waals surface area contributed by atoms with Crippen molar-refractivity contribution in [3.8, 4) is 5.75 Å². The zero-order valence-corrected chi connectivity index (χ0v) is 10.1. The highest BCUT2D eigenvalue weighted by molar-refractivity contribution is 6.36. The summed E-state index contributed by atoms with van der Waals surface area (Å²) in [6.07, 6.45) is 0. The molecule has 15 heavy (non-hydrogen) atoms. The summed E-state index contributed by atoms with van der Waals surface area (Å²) in [4.78, 5) is 0. The van der Waals surface area contributed by atoms with Gasteiger partial charge in [0, 0.05) is 11.1 Å². The Morgan fingerprint density at radius 3 is 2.27 bits per heavy atom. The van der Waals surface area contributed by atoms with Gasteiger partial charge in [-0.3, -0.25) is 0 Å². The molecule has 0 aromatic heterocycles. The predicted molar refractivity (Wildman–Crippen MR) is 64.4 cm³/mol. The first-order chi connectivity index (χ1) is 6.94. The minimum absolute atomic E-state index is 0.109. The molecule has 0 saturated carbocycles. The highest BCUT2D eigenvalue weighted by Crippen LogP contribution is 2.40. The van der Waals surface area contributed by atoms with Crippen molar-refractivity contribution in [2.24, 2.45) is 0 Å². The maximum Gasteiger partial charge on any atom is 0.196 e. The van der Waals surface area contributed by atoms with E-state index < -0.39 is 4.65 Å². The third-order valence-corrected chi connectivity index (χ3v) is 2.98. The minimum atomic E-state index is -0.633. The Morgan fingerprint density at radius 2 is 1.80 bits per heavy atom. The molecule has 0 spiro atoms. The van der Waals surface area contributed by atoms with Crippen LogP contribution in [0.5, 0.6) is 5.75 Å². The number of halogens is 2. The average Bonchev–Trinajstić information content (AvgIpc) is 2.22. The molecule has 0 atom stereocenters. The van der Waals surface area contributed by atoms with Gasteiger partial charge in [-0.25, -0.2) is 0 Å². The molecule has 5 heteroatoms. The van der Waals surface area contributed by atoms with Gasteiger partial charge in [-0.15, -0.1) is 0 Å². The van der Waals surface area contributed by atoms with E-state index in [1.807, 2.05) is 0 Å². The molecule has 1 aromatic carbocycles. The topological polar surface area (TPSA) is 43.3 Å². The number of hydrogen-bond donors (Lipinski definition) is 1. The van der Waals surface area contributed by atoms with Crippen molar-refractivity contribution in [3.63, 3.8) is 0 Å². The molecule has 1 rings (SSSR count). The lowest BCUT2D eigenvalue weighted by atomic mass is 10.2. The normalized spacial score (nSPS) is 11.8. The van der Waals surface area contributed by atoms with Crippen LogP contribution in [-0.2, 0) is 0 Å². The van der Waals surface area contributed by atoms with Crippen LogP contribution in [0.15, 0.2) is 12.1 Å². The van der Waals surface area contributed by atoms with E-state index >= 15 is 0 Å². The molecular weight excluding hydrogens is 237 g/mol. The fraction of sp³-hybridized carbons (Fsp3) is 0.400. The molecule has 3 nitrogen and oxygen atoms in total. The first kappa shape index (κ1) is 12.6. The van der Waals surface area contributed by atoms with E-state index in [9.17, 15) is 10.3 Å². The lowest BCUT2D eigenvalue weighted by molar-refractivity contribution is 0.383. The lowest BCUT2D eigenvalue weighted by Gasteiger charge is -2.40. The Morgan fingerprint density at radius 1 is 1.27 bits per heavy atom. The van der Waals surface area contributed by atoms with Gasteiger partial charge in [0.15, 0.2) is 11.4 Å². The number of quaternary nitrogens is 1. The average molecular weight is 250 g/mol. The van der Waals surface area contributed by atoms with Crippen LogP contribution in [0, 0.1) is 5.21 Å². The lowest BCUT2D eigenvalue weighted by Crippen LogP contribution is -2.42. The van der Waals surface area contributed by atoms with E-state index in [2.05, 4.69) is 0 Å². The van der Waals surface area contributed by atoms with E-state index in [0.29, 0.717) is 18.1 Å². The molecule has 0 amide bonds. The van der Waals surface area contributed by atoms with E-state index in [-0.39, 0.29) is 16.5 Å². The molecule has 0 heterocycles. The fourth-order valence-corrected chi connectivity index (χ4v) is 1.91. The van der Waals surface area contributed by atoms with Gasteiger partial charge in [-0.05, 0) is 19.9 Å². The van der Waals surface area contributed by atoms with Crippen LogP contribution in [0.3, 0.4) is 0 Å². The zero-order valence-electron chi connectivity index (χ0n) is 8.63. The zero-order chi connectivity index (χ0) is 11.6. The van der Waals surface area contributed by atoms with Crippen LogP contribution < -0.4 is 4.65 Å². The Hall–Kier alpha value is -0.480. The molecule has 0 aliphatic rings. The summed E-state index contributed by atoms with van der Waals surface area (Å²) in [5.74, 6) is -0.181. The second-order valence-electron chi connectivity index (χ2n) is 3.28. The van der Waals surface area contributed by atoms with Gasteiger partial charge < -0.3 is 15.0 Å². The quantitative estimate of drug-likeness (QED) is 0.658. The maximum atomic E-state index is 12.2. The smallest absolute Gasteiger partial charge is 0.196 e. The summed E-state index contributed by atoms with van der Waals surface area (Å²) >= 11 is 11.6. The summed E-state index contributed by atoms with van der Waals surface area (Å²) in [5, 5.41) is 22.4. The minimum Gasteiger partial charge on any atom is -0.627 e. The van der Waals surface area contributed by atoms with E-state index in [0.717, 1.165) is 0 Å². The van der Waals surface area contributed by atoms with Crippen molar-refractivity contribution in [1.29, 1.82) is 0 Å². The second-order valence-corrected chi connectivity index (χ2v) is 4.12. The van der Waals surface area contributed by atoms with Crippen LogP contribution in [-0.4, -0.2) is 18.2 Å². The molecular formula is C10H13Cl2NO2. The van der Waals surface area contributed by atoms with Crippen molar-refractivity contribution in [3.05, 3.63) is 27.4 Å². The van der Waals surface area contributed by atoms with Gasteiger partial charge in [0.2, 0.25) is 0 Å². The summed E-state index contributed by atoms with van der Waals surface area (Å²) in [6, 6.07) is 2.88. The standard InChI is InChI=1S/C10H13Cl2NO2/c1-3-13(15,4-2)9-6-7(11)5-8(12)10(9)14/h5-6,14H,3-4H2,1-2H3. The third-order valence-electron chi connectivity index (χ3n) is 2.47. The van der Waals surface area contributed by atoms with Crippen molar-refractivity contribution in [2.45, 2.75) is 13.8 Å². The number of phenols is 1. The molecule has 1 aromatic rings. The molecule has 0 fully saturated rings. The molecule has 0 aliphatic carbocycles. The summed E-state index contributed by atoms with van der Waals surface area (Å²) in [6.45, 7) is 4.15. The van der Waals surface area contributed by atoms with Crippen LogP contribution in [0.25, 0.3) is 0 Å². The monoisotopic (exact) mass is 249 g/mol. The second kappa shape index (κ2) is 4.58. The van der Waals surface area contributed by atoms with Crippen molar-refractivity contribution < 1.29 is 5.11 Å². The number of hydrogen-bond acceptors (Lipinski definition) is 2. The number of hydroxylamine groups is 2. The predicted octanol–water partition coefficient (Wildman–Crippen LogP) is 3.54. The highest BCUT2D eigenvalue weighted by atomic mass is 35.5. The molecule has 1 N–H and O–H groups in total. The van der Waals surface area contributed by atoms with Gasteiger partial charge in [-0.1, -0.05) is 23.2 Å². The molecule has 84 valence electrons. The van der Waals surface area contributed by atoms with Gasteiger partial charge >= 0.3 is 0 Å². The number of benzene rings is 1. The van der Waals surface area contributed by atoms with Crippen LogP contribution in [0.2, 0.25) is 10.0 Å².